The largest absolute Gasteiger partial charge is 0.497 e. The minimum Gasteiger partial charge on any atom is -0.497 e. The van der Waals surface area contributed by atoms with E-state index in [0.717, 1.165) is 22.3 Å². The quantitative estimate of drug-likeness (QED) is 0.804. The summed E-state index contributed by atoms with van der Waals surface area (Å²) < 4.78 is 5.21. The van der Waals surface area contributed by atoms with Crippen molar-refractivity contribution >= 4 is 34.0 Å². The highest BCUT2D eigenvalue weighted by Crippen LogP contribution is 2.34. The average Bonchev–Trinajstić information content (AvgIpc) is 2.80. The molecule has 1 aromatic rings. The number of thiophene rings is 1. The van der Waals surface area contributed by atoms with Gasteiger partial charge >= 0.3 is 0 Å². The van der Waals surface area contributed by atoms with Gasteiger partial charge in [-0.1, -0.05) is 0 Å². The van der Waals surface area contributed by atoms with Gasteiger partial charge in [0.25, 0.3) is 0 Å². The van der Waals surface area contributed by atoms with Crippen molar-refractivity contribution in [2.45, 2.75) is 6.54 Å². The number of aromatic nitrogens is 1. The molecule has 0 saturated carbocycles. The summed E-state index contributed by atoms with van der Waals surface area (Å²) in [7, 11) is 5.67. The van der Waals surface area contributed by atoms with E-state index in [0.29, 0.717) is 11.3 Å². The van der Waals surface area contributed by atoms with Crippen molar-refractivity contribution < 1.29 is 4.74 Å². The number of methoxy groups -OCH3 is 1. The third-order valence-electron chi connectivity index (χ3n) is 3.24. The van der Waals surface area contributed by atoms with Gasteiger partial charge in [-0.25, -0.2) is 0 Å². The number of H-pyrrole nitrogens is 1. The molecule has 0 atom stereocenters. The van der Waals surface area contributed by atoms with Crippen molar-refractivity contribution in [1.29, 1.82) is 0 Å². The molecule has 1 aromatic heterocycles. The first kappa shape index (κ1) is 15.8. The molecule has 0 spiro atoms. The zero-order valence-corrected chi connectivity index (χ0v) is 13.7. The Labute approximate surface area is 133 Å². The maximum atomic E-state index is 12.1. The van der Waals surface area contributed by atoms with Crippen LogP contribution in [0.25, 0.3) is 21.3 Å². The molecular formula is C15H17ClN2O2S. The second-order valence-corrected chi connectivity index (χ2v) is 6.21. The van der Waals surface area contributed by atoms with E-state index in [-0.39, 0.29) is 17.8 Å². The highest BCUT2D eigenvalue weighted by atomic mass is 35.5. The van der Waals surface area contributed by atoms with Crippen LogP contribution >= 0.6 is 23.7 Å². The predicted octanol–water partition coefficient (Wildman–Crippen LogP) is 3.19. The number of pyridine rings is 1. The van der Waals surface area contributed by atoms with Crippen LogP contribution in [-0.4, -0.2) is 31.1 Å². The van der Waals surface area contributed by atoms with Gasteiger partial charge in [0.15, 0.2) is 5.43 Å². The van der Waals surface area contributed by atoms with E-state index in [9.17, 15) is 4.79 Å². The fourth-order valence-corrected chi connectivity index (χ4v) is 3.53. The molecule has 112 valence electrons. The number of nitrogens with zero attached hydrogens (tertiary/aromatic N) is 1. The lowest BCUT2D eigenvalue weighted by atomic mass is 10.0. The number of ether oxygens (including phenoxy) is 1. The Morgan fingerprint density at radius 3 is 2.67 bits per heavy atom. The number of halogens is 1. The molecular weight excluding hydrogens is 308 g/mol. The minimum absolute atomic E-state index is 0. The van der Waals surface area contributed by atoms with Gasteiger partial charge in [0, 0.05) is 40.2 Å². The van der Waals surface area contributed by atoms with Crippen LogP contribution in [0.1, 0.15) is 4.88 Å². The number of hydrogen-bond donors (Lipinski definition) is 1. The number of benzene rings is 1. The summed E-state index contributed by atoms with van der Waals surface area (Å²) in [6, 6.07) is 5.60. The molecule has 0 bridgehead atoms. The zero-order valence-electron chi connectivity index (χ0n) is 12.1. The number of fused-ring (bicyclic) bond motifs is 3. The van der Waals surface area contributed by atoms with Crippen molar-refractivity contribution in [3.63, 3.8) is 0 Å². The number of rotatable bonds is 3. The lowest BCUT2D eigenvalue weighted by Crippen LogP contribution is -2.09. The van der Waals surface area contributed by atoms with E-state index in [1.54, 1.807) is 24.6 Å². The summed E-state index contributed by atoms with van der Waals surface area (Å²) in [5, 5.41) is 1.08. The van der Waals surface area contributed by atoms with Gasteiger partial charge in [-0.05, 0) is 26.2 Å². The van der Waals surface area contributed by atoms with Crippen molar-refractivity contribution in [3.05, 3.63) is 39.5 Å². The van der Waals surface area contributed by atoms with E-state index in [1.165, 1.54) is 10.9 Å². The van der Waals surface area contributed by atoms with Crippen molar-refractivity contribution in [2.24, 2.45) is 0 Å². The third kappa shape index (κ3) is 2.90. The number of aromatic amines is 1. The summed E-state index contributed by atoms with van der Waals surface area (Å²) in [5.74, 6) is 0.607. The first-order chi connectivity index (χ1) is 9.58. The normalized spacial score (nSPS) is 11.0. The van der Waals surface area contributed by atoms with Crippen LogP contribution in [0, 0.1) is 0 Å². The molecule has 0 unspecified atom stereocenters. The Hall–Kier alpha value is -1.56. The molecule has 1 aliphatic carbocycles. The molecule has 0 radical (unpaired) electrons. The van der Waals surface area contributed by atoms with Gasteiger partial charge in [0.2, 0.25) is 0 Å². The van der Waals surface area contributed by atoms with Gasteiger partial charge in [-0.2, -0.15) is 0 Å². The highest BCUT2D eigenvalue weighted by Gasteiger charge is 2.15. The second-order valence-electron chi connectivity index (χ2n) is 5.07. The van der Waals surface area contributed by atoms with Crippen LogP contribution in [0.3, 0.4) is 0 Å². The van der Waals surface area contributed by atoms with Crippen LogP contribution in [0.5, 0.6) is 5.75 Å². The fourth-order valence-electron chi connectivity index (χ4n) is 2.37. The van der Waals surface area contributed by atoms with E-state index in [4.69, 9.17) is 4.74 Å². The lowest BCUT2D eigenvalue weighted by molar-refractivity contribution is 0.406. The van der Waals surface area contributed by atoms with Crippen LogP contribution in [-0.2, 0) is 6.54 Å². The maximum Gasteiger partial charge on any atom is 0.191 e. The lowest BCUT2D eigenvalue weighted by Gasteiger charge is -2.08. The van der Waals surface area contributed by atoms with E-state index < -0.39 is 0 Å². The predicted molar refractivity (Wildman–Crippen MR) is 90.3 cm³/mol. The standard InChI is InChI=1S/C15H16N2O2S.ClH/c1-17(2)8-10-6-12-11-4-9(19-3)5-14(18)13(11)7-16-15(12)20-10;/h4-7,16H,8H2,1-3H3;1H. The zero-order chi connectivity index (χ0) is 14.3. The van der Waals surface area contributed by atoms with Gasteiger partial charge in [-0.3, -0.25) is 4.79 Å². The molecule has 4 nitrogen and oxygen atoms in total. The fraction of sp³-hybridized carbons (Fsp3) is 0.267. The van der Waals surface area contributed by atoms with Crippen LogP contribution < -0.4 is 10.2 Å². The maximum absolute atomic E-state index is 12.1. The summed E-state index contributed by atoms with van der Waals surface area (Å²) >= 11 is 1.72. The molecule has 3 rings (SSSR count). The molecule has 0 fully saturated rings. The smallest absolute Gasteiger partial charge is 0.191 e. The van der Waals surface area contributed by atoms with Crippen molar-refractivity contribution in [3.8, 4) is 16.9 Å². The van der Waals surface area contributed by atoms with Crippen molar-refractivity contribution in [2.75, 3.05) is 21.2 Å². The summed E-state index contributed by atoms with van der Waals surface area (Å²) in [4.78, 5) is 19.8. The monoisotopic (exact) mass is 324 g/mol. The molecule has 0 amide bonds. The van der Waals surface area contributed by atoms with Gasteiger partial charge in [0.05, 0.1) is 7.11 Å². The minimum atomic E-state index is -0.0159. The topological polar surface area (TPSA) is 45.3 Å². The molecule has 21 heavy (non-hydrogen) atoms. The first-order valence-electron chi connectivity index (χ1n) is 6.35. The van der Waals surface area contributed by atoms with E-state index >= 15 is 0 Å². The molecule has 1 aliphatic heterocycles. The molecule has 2 aliphatic rings. The average molecular weight is 325 g/mol. The molecule has 1 N–H and O–H groups in total. The SMILES string of the molecule is COc1cc2c3cc(CN(C)C)sc3[nH]cc-2c(=O)c1.Cl. The molecule has 0 saturated heterocycles. The van der Waals surface area contributed by atoms with Gasteiger partial charge in [-0.15, -0.1) is 23.7 Å². The van der Waals surface area contributed by atoms with Gasteiger partial charge in [0.1, 0.15) is 10.6 Å². The molecule has 0 aromatic carbocycles. The third-order valence-corrected chi connectivity index (χ3v) is 4.30. The van der Waals surface area contributed by atoms with E-state index in [1.807, 2.05) is 20.2 Å². The van der Waals surface area contributed by atoms with Crippen LogP contribution in [0.4, 0.5) is 0 Å². The number of nitrogens with one attached hydrogen (secondary N) is 1. The molecule has 2 heterocycles. The Morgan fingerprint density at radius 1 is 1.24 bits per heavy atom. The highest BCUT2D eigenvalue weighted by molar-refractivity contribution is 7.18. The van der Waals surface area contributed by atoms with Crippen LogP contribution in [0.15, 0.2) is 29.2 Å². The summed E-state index contributed by atoms with van der Waals surface area (Å²) in [6.45, 7) is 0.892. The Balaban J connectivity index is 0.00000161. The van der Waals surface area contributed by atoms with Crippen LogP contribution in [0.2, 0.25) is 0 Å². The summed E-state index contributed by atoms with van der Waals surface area (Å²) in [5.41, 5.74) is 1.63. The molecule has 6 heteroatoms. The number of hydrogen-bond acceptors (Lipinski definition) is 4. The van der Waals surface area contributed by atoms with Crippen molar-refractivity contribution in [1.82, 2.24) is 9.88 Å². The Morgan fingerprint density at radius 2 is 2.00 bits per heavy atom. The second kappa shape index (κ2) is 6.05. The Kier molecular flexibility index (Phi) is 4.56. The Bertz CT molecular complexity index is 794. The van der Waals surface area contributed by atoms with E-state index in [2.05, 4.69) is 16.0 Å². The first-order valence-corrected chi connectivity index (χ1v) is 7.16. The van der Waals surface area contributed by atoms with Gasteiger partial charge < -0.3 is 14.6 Å². The summed E-state index contributed by atoms with van der Waals surface area (Å²) in [6.07, 6.45) is 1.79.